The van der Waals surface area contributed by atoms with Gasteiger partial charge in [0.25, 0.3) is 0 Å². The molecule has 0 aliphatic rings. The Hall–Kier alpha value is -3.07. The van der Waals surface area contributed by atoms with E-state index in [2.05, 4.69) is 5.32 Å². The van der Waals surface area contributed by atoms with E-state index in [-0.39, 0.29) is 18.5 Å². The number of sulfonamides is 1. The van der Waals surface area contributed by atoms with Gasteiger partial charge in [0.1, 0.15) is 18.3 Å². The summed E-state index contributed by atoms with van der Waals surface area (Å²) in [6.45, 7) is 7.25. The number of aryl methyl sites for hydroxylation is 1. The molecule has 8 nitrogen and oxygen atoms in total. The number of hydrogen-bond acceptors (Lipinski definition) is 5. The molecule has 0 unspecified atom stereocenters. The van der Waals surface area contributed by atoms with E-state index in [1.54, 1.807) is 24.3 Å². The molecule has 0 radical (unpaired) electrons. The van der Waals surface area contributed by atoms with Crippen molar-refractivity contribution < 1.29 is 22.7 Å². The van der Waals surface area contributed by atoms with Gasteiger partial charge >= 0.3 is 0 Å². The molecule has 0 spiro atoms. The molecule has 2 aromatic rings. The van der Waals surface area contributed by atoms with E-state index in [9.17, 15) is 18.0 Å². The van der Waals surface area contributed by atoms with E-state index in [0.717, 1.165) is 21.7 Å². The number of methoxy groups -OCH3 is 1. The summed E-state index contributed by atoms with van der Waals surface area (Å²) in [6.07, 6.45) is 1.44. The Kier molecular flexibility index (Phi) is 9.49. The molecule has 0 fully saturated rings. The minimum atomic E-state index is -3.77. The summed E-state index contributed by atoms with van der Waals surface area (Å²) < 4.78 is 31.4. The predicted molar refractivity (Wildman–Crippen MR) is 134 cm³/mol. The van der Waals surface area contributed by atoms with Crippen molar-refractivity contribution in [1.82, 2.24) is 10.2 Å². The zero-order chi connectivity index (χ0) is 25.5. The second kappa shape index (κ2) is 11.9. The van der Waals surface area contributed by atoms with Gasteiger partial charge in [0.15, 0.2) is 0 Å². The van der Waals surface area contributed by atoms with Crippen LogP contribution in [-0.4, -0.2) is 57.1 Å². The van der Waals surface area contributed by atoms with Gasteiger partial charge in [0.2, 0.25) is 21.8 Å². The lowest BCUT2D eigenvalue weighted by molar-refractivity contribution is -0.140. The second-order valence-electron chi connectivity index (χ2n) is 8.57. The minimum Gasteiger partial charge on any atom is -0.497 e. The molecule has 0 bridgehead atoms. The molecule has 0 aliphatic heterocycles. The maximum absolute atomic E-state index is 13.6. The number of carbonyl (C=O) groups excluding carboxylic acids is 2. The lowest BCUT2D eigenvalue weighted by Crippen LogP contribution is -2.53. The van der Waals surface area contributed by atoms with Crippen molar-refractivity contribution >= 4 is 27.5 Å². The Labute approximate surface area is 202 Å². The first-order valence-electron chi connectivity index (χ1n) is 11.2. The van der Waals surface area contributed by atoms with Crippen molar-refractivity contribution in [1.29, 1.82) is 0 Å². The van der Waals surface area contributed by atoms with E-state index in [4.69, 9.17) is 4.74 Å². The summed E-state index contributed by atoms with van der Waals surface area (Å²) in [7, 11) is -2.26. The molecule has 186 valence electrons. The lowest BCUT2D eigenvalue weighted by atomic mass is 10.1. The first-order chi connectivity index (χ1) is 16.0. The van der Waals surface area contributed by atoms with Crippen LogP contribution in [-0.2, 0) is 26.2 Å². The highest BCUT2D eigenvalue weighted by atomic mass is 32.2. The van der Waals surface area contributed by atoms with E-state index in [1.807, 2.05) is 52.0 Å². The fraction of sp³-hybridized carbons (Fsp3) is 0.440. The number of benzene rings is 2. The largest absolute Gasteiger partial charge is 0.497 e. The second-order valence-corrected chi connectivity index (χ2v) is 10.5. The first kappa shape index (κ1) is 27.2. The highest BCUT2D eigenvalue weighted by molar-refractivity contribution is 7.92. The summed E-state index contributed by atoms with van der Waals surface area (Å²) in [4.78, 5) is 28.0. The normalized spacial score (nSPS) is 12.2. The molecule has 2 amide bonds. The van der Waals surface area contributed by atoms with Crippen LogP contribution in [0.15, 0.2) is 48.5 Å². The fourth-order valence-electron chi connectivity index (χ4n) is 3.67. The monoisotopic (exact) mass is 489 g/mol. The molecule has 34 heavy (non-hydrogen) atoms. The number of nitrogens with one attached hydrogen (secondary N) is 1. The van der Waals surface area contributed by atoms with E-state index in [1.165, 1.54) is 12.0 Å². The van der Waals surface area contributed by atoms with Crippen molar-refractivity contribution in [2.75, 3.05) is 24.2 Å². The molecule has 9 heteroatoms. The number of anilines is 1. The van der Waals surface area contributed by atoms with Crippen LogP contribution < -0.4 is 14.4 Å². The molecular weight excluding hydrogens is 454 g/mol. The van der Waals surface area contributed by atoms with Crippen LogP contribution in [0.2, 0.25) is 0 Å². The summed E-state index contributed by atoms with van der Waals surface area (Å²) in [5.41, 5.74) is 2.23. The van der Waals surface area contributed by atoms with Gasteiger partial charge in [-0.15, -0.1) is 0 Å². The smallest absolute Gasteiger partial charge is 0.244 e. The predicted octanol–water partition coefficient (Wildman–Crippen LogP) is 3.10. The van der Waals surface area contributed by atoms with Crippen LogP contribution in [0.25, 0.3) is 0 Å². The fourth-order valence-corrected chi connectivity index (χ4v) is 4.52. The van der Waals surface area contributed by atoms with Crippen molar-refractivity contribution in [3.05, 3.63) is 59.7 Å². The molecule has 0 saturated carbocycles. The maximum Gasteiger partial charge on any atom is 0.244 e. The van der Waals surface area contributed by atoms with Crippen molar-refractivity contribution in [3.8, 4) is 5.75 Å². The third-order valence-electron chi connectivity index (χ3n) is 5.29. The molecule has 1 N–H and O–H groups in total. The zero-order valence-electron chi connectivity index (χ0n) is 20.7. The van der Waals surface area contributed by atoms with Gasteiger partial charge in [-0.2, -0.15) is 0 Å². The van der Waals surface area contributed by atoms with Gasteiger partial charge in [-0.25, -0.2) is 8.42 Å². The van der Waals surface area contributed by atoms with E-state index < -0.39 is 28.5 Å². The third kappa shape index (κ3) is 7.48. The molecule has 0 aromatic heterocycles. The van der Waals surface area contributed by atoms with Crippen LogP contribution in [0.5, 0.6) is 5.75 Å². The number of carbonyl (C=O) groups is 2. The average molecular weight is 490 g/mol. The zero-order valence-corrected chi connectivity index (χ0v) is 21.6. The van der Waals surface area contributed by atoms with Crippen LogP contribution in [0.4, 0.5) is 5.69 Å². The average Bonchev–Trinajstić information content (AvgIpc) is 2.76. The van der Waals surface area contributed by atoms with Gasteiger partial charge < -0.3 is 15.0 Å². The van der Waals surface area contributed by atoms with Crippen LogP contribution in [0.1, 0.15) is 38.3 Å². The molecule has 1 atom stereocenters. The Morgan fingerprint density at radius 1 is 1.09 bits per heavy atom. The van der Waals surface area contributed by atoms with Gasteiger partial charge in [0, 0.05) is 12.6 Å². The Bertz CT molecular complexity index is 1080. The minimum absolute atomic E-state index is 0.0933. The summed E-state index contributed by atoms with van der Waals surface area (Å²) >= 11 is 0. The Morgan fingerprint density at radius 3 is 2.24 bits per heavy atom. The van der Waals surface area contributed by atoms with Gasteiger partial charge in [-0.05, 0) is 57.0 Å². The molecule has 0 saturated heterocycles. The Balaban J connectivity index is 2.43. The number of rotatable bonds is 11. The van der Waals surface area contributed by atoms with Gasteiger partial charge in [-0.1, -0.05) is 36.8 Å². The molecular formula is C25H35N3O5S. The van der Waals surface area contributed by atoms with Crippen molar-refractivity contribution in [2.24, 2.45) is 0 Å². The number of amides is 2. The molecule has 0 aliphatic carbocycles. The van der Waals surface area contributed by atoms with Gasteiger partial charge in [-0.3, -0.25) is 13.9 Å². The highest BCUT2D eigenvalue weighted by Gasteiger charge is 2.32. The van der Waals surface area contributed by atoms with Crippen LogP contribution in [0.3, 0.4) is 0 Å². The quantitative estimate of drug-likeness (QED) is 0.523. The maximum atomic E-state index is 13.6. The summed E-state index contributed by atoms with van der Waals surface area (Å²) in [6, 6.07) is 13.3. The number of hydrogen-bond donors (Lipinski definition) is 1. The summed E-state index contributed by atoms with van der Waals surface area (Å²) in [5, 5.41) is 2.88. The standard InChI is InChI=1S/C25H35N3O5S/c1-7-23(25(30)26-18(2)3)27(16-20-10-8-9-19(4)15-20)24(29)17-28(34(6,31)32)21-11-13-22(33-5)14-12-21/h8-15,18,23H,7,16-17H2,1-6H3,(H,26,30)/t23-/m0/s1. The first-order valence-corrected chi connectivity index (χ1v) is 13.1. The summed E-state index contributed by atoms with van der Waals surface area (Å²) in [5.74, 6) is -0.164. The lowest BCUT2D eigenvalue weighted by Gasteiger charge is -2.33. The van der Waals surface area contributed by atoms with Gasteiger partial charge in [0.05, 0.1) is 19.1 Å². The highest BCUT2D eigenvalue weighted by Crippen LogP contribution is 2.22. The van der Waals surface area contributed by atoms with Crippen molar-refractivity contribution in [2.45, 2.75) is 52.7 Å². The van der Waals surface area contributed by atoms with Crippen molar-refractivity contribution in [3.63, 3.8) is 0 Å². The Morgan fingerprint density at radius 2 is 1.74 bits per heavy atom. The topological polar surface area (TPSA) is 96.0 Å². The van der Waals surface area contributed by atoms with E-state index >= 15 is 0 Å². The number of ether oxygens (including phenoxy) is 1. The SMILES string of the molecule is CC[C@@H](C(=O)NC(C)C)N(Cc1cccc(C)c1)C(=O)CN(c1ccc(OC)cc1)S(C)(=O)=O. The van der Waals surface area contributed by atoms with Crippen LogP contribution >= 0.6 is 0 Å². The van der Waals surface area contributed by atoms with E-state index in [0.29, 0.717) is 17.9 Å². The number of nitrogens with zero attached hydrogens (tertiary/aromatic N) is 2. The third-order valence-corrected chi connectivity index (χ3v) is 6.43. The molecule has 0 heterocycles. The molecule has 2 aromatic carbocycles. The molecule has 2 rings (SSSR count). The van der Waals surface area contributed by atoms with Crippen LogP contribution in [0, 0.1) is 6.92 Å².